The maximum Gasteiger partial charge on any atom is 0.418 e. The van der Waals surface area contributed by atoms with Crippen LogP contribution in [0.15, 0.2) is 47.0 Å². The second-order valence-electron chi connectivity index (χ2n) is 7.32. The number of nitrogens with one attached hydrogen (secondary N) is 1. The van der Waals surface area contributed by atoms with E-state index in [4.69, 9.17) is 20.9 Å². The lowest BCUT2D eigenvalue weighted by Crippen LogP contribution is -2.22. The summed E-state index contributed by atoms with van der Waals surface area (Å²) in [6.45, 7) is 8.15. The highest BCUT2D eigenvalue weighted by Crippen LogP contribution is 2.32. The van der Waals surface area contributed by atoms with Crippen molar-refractivity contribution in [1.82, 2.24) is 10.1 Å². The normalized spacial score (nSPS) is 11.1. The van der Waals surface area contributed by atoms with Gasteiger partial charge in [0, 0.05) is 11.3 Å². The minimum atomic E-state index is -0.294. The molecule has 0 unspecified atom stereocenters. The summed E-state index contributed by atoms with van der Waals surface area (Å²) < 4.78 is 10.5. The first-order valence-electron chi connectivity index (χ1n) is 9.51. The van der Waals surface area contributed by atoms with Gasteiger partial charge in [-0.3, -0.25) is 9.32 Å². The number of benzene rings is 2. The Labute approximate surface area is 175 Å². The van der Waals surface area contributed by atoms with Crippen LogP contribution < -0.4 is 10.1 Å². The molecule has 6 nitrogen and oxygen atoms in total. The minimum Gasteiger partial charge on any atom is -0.439 e. The molecule has 152 valence electrons. The Bertz CT molecular complexity index is 972. The van der Waals surface area contributed by atoms with Crippen LogP contribution in [0.5, 0.6) is 6.08 Å². The highest BCUT2D eigenvalue weighted by molar-refractivity contribution is 6.33. The highest BCUT2D eigenvalue weighted by Gasteiger charge is 2.17. The molecule has 3 aromatic rings. The third kappa shape index (κ3) is 4.95. The number of hydrogen-bond donors (Lipinski definition) is 1. The molecule has 0 aliphatic carbocycles. The van der Waals surface area contributed by atoms with Crippen molar-refractivity contribution >= 4 is 23.2 Å². The zero-order chi connectivity index (χ0) is 21.0. The first kappa shape index (κ1) is 20.9. The van der Waals surface area contributed by atoms with Gasteiger partial charge in [-0.15, -0.1) is 0 Å². The van der Waals surface area contributed by atoms with Crippen LogP contribution in [0.2, 0.25) is 5.02 Å². The molecule has 29 heavy (non-hydrogen) atoms. The predicted molar refractivity (Wildman–Crippen MR) is 113 cm³/mol. The predicted octanol–water partition coefficient (Wildman–Crippen LogP) is 5.65. The van der Waals surface area contributed by atoms with Gasteiger partial charge in [0.25, 0.3) is 5.91 Å². The average Bonchev–Trinajstić information content (AvgIpc) is 3.15. The topological polar surface area (TPSA) is 77.2 Å². The molecule has 1 N–H and O–H groups in total. The van der Waals surface area contributed by atoms with E-state index in [-0.39, 0.29) is 30.4 Å². The van der Waals surface area contributed by atoms with Crippen molar-refractivity contribution in [2.24, 2.45) is 0 Å². The van der Waals surface area contributed by atoms with Crippen LogP contribution in [0.1, 0.15) is 50.7 Å². The number of carbonyl (C=O) groups is 1. The van der Waals surface area contributed by atoms with E-state index in [1.807, 2.05) is 30.3 Å². The Morgan fingerprint density at radius 1 is 1.07 bits per heavy atom. The van der Waals surface area contributed by atoms with Gasteiger partial charge in [0.15, 0.2) is 6.61 Å². The van der Waals surface area contributed by atoms with Gasteiger partial charge in [-0.2, -0.15) is 4.98 Å². The highest BCUT2D eigenvalue weighted by atomic mass is 35.5. The Morgan fingerprint density at radius 2 is 1.72 bits per heavy atom. The number of nitrogens with zero attached hydrogens (tertiary/aromatic N) is 2. The number of amides is 1. The monoisotopic (exact) mass is 413 g/mol. The number of rotatable bonds is 7. The Kier molecular flexibility index (Phi) is 6.54. The Balaban J connectivity index is 1.69. The fourth-order valence-corrected chi connectivity index (χ4v) is 3.24. The second-order valence-corrected chi connectivity index (χ2v) is 7.73. The summed E-state index contributed by atoms with van der Waals surface area (Å²) in [6, 6.07) is 13.2. The van der Waals surface area contributed by atoms with E-state index in [0.29, 0.717) is 16.4 Å². The number of hydrogen-bond acceptors (Lipinski definition) is 5. The largest absolute Gasteiger partial charge is 0.439 e. The summed E-state index contributed by atoms with van der Waals surface area (Å²) in [7, 11) is 0. The van der Waals surface area contributed by atoms with Gasteiger partial charge in [0.2, 0.25) is 5.82 Å². The first-order chi connectivity index (χ1) is 13.9. The molecule has 0 aliphatic rings. The van der Waals surface area contributed by atoms with Crippen molar-refractivity contribution in [2.75, 3.05) is 11.9 Å². The van der Waals surface area contributed by atoms with Crippen LogP contribution in [0, 0.1) is 0 Å². The van der Waals surface area contributed by atoms with Crippen molar-refractivity contribution in [1.29, 1.82) is 0 Å². The quantitative estimate of drug-likeness (QED) is 0.541. The van der Waals surface area contributed by atoms with Gasteiger partial charge in [-0.1, -0.05) is 74.8 Å². The van der Waals surface area contributed by atoms with E-state index < -0.39 is 0 Å². The van der Waals surface area contributed by atoms with Gasteiger partial charge < -0.3 is 10.1 Å². The summed E-state index contributed by atoms with van der Waals surface area (Å²) >= 11 is 6.14. The number of ether oxygens (including phenoxy) is 1. The Hall–Kier alpha value is -2.86. The Morgan fingerprint density at radius 3 is 2.34 bits per heavy atom. The van der Waals surface area contributed by atoms with Crippen LogP contribution >= 0.6 is 11.6 Å². The summed E-state index contributed by atoms with van der Waals surface area (Å²) in [6.07, 6.45) is -0.0868. The molecule has 0 spiro atoms. The van der Waals surface area contributed by atoms with Crippen molar-refractivity contribution in [3.63, 3.8) is 0 Å². The fourth-order valence-electron chi connectivity index (χ4n) is 3.02. The van der Waals surface area contributed by atoms with Gasteiger partial charge in [0.05, 0.1) is 5.02 Å². The van der Waals surface area contributed by atoms with Gasteiger partial charge in [0.1, 0.15) is 0 Å². The number of anilines is 1. The first-order valence-corrected chi connectivity index (χ1v) is 9.88. The molecule has 0 radical (unpaired) electrons. The van der Waals surface area contributed by atoms with Crippen molar-refractivity contribution in [2.45, 2.75) is 39.5 Å². The molecule has 0 saturated heterocycles. The van der Waals surface area contributed by atoms with Crippen molar-refractivity contribution in [3.8, 4) is 17.5 Å². The fraction of sp³-hybridized carbons (Fsp3) is 0.318. The van der Waals surface area contributed by atoms with E-state index in [1.165, 1.54) is 0 Å². The van der Waals surface area contributed by atoms with E-state index in [2.05, 4.69) is 43.2 Å². The smallest absolute Gasteiger partial charge is 0.418 e. The standard InChI is InChI=1S/C22H24ClN3O3/c1-13(2)15-9-7-10-16(14(3)4)20(15)24-19(27)12-28-22-25-21(26-29-22)17-8-5-6-11-18(17)23/h5-11,13-14H,12H2,1-4H3,(H,24,27). The summed E-state index contributed by atoms with van der Waals surface area (Å²) in [4.78, 5) is 16.7. The van der Waals surface area contributed by atoms with Gasteiger partial charge >= 0.3 is 6.08 Å². The molecule has 7 heteroatoms. The van der Waals surface area contributed by atoms with Crippen molar-refractivity contribution < 1.29 is 14.1 Å². The summed E-state index contributed by atoms with van der Waals surface area (Å²) in [5.41, 5.74) is 3.64. The second kappa shape index (κ2) is 9.09. The maximum atomic E-state index is 12.5. The molecule has 0 fully saturated rings. The van der Waals surface area contributed by atoms with Crippen molar-refractivity contribution in [3.05, 3.63) is 58.6 Å². The van der Waals surface area contributed by atoms with Crippen LogP contribution in [0.4, 0.5) is 5.69 Å². The third-order valence-corrected chi connectivity index (χ3v) is 4.82. The molecule has 0 bridgehead atoms. The number of para-hydroxylation sites is 1. The minimum absolute atomic E-state index is 0.0868. The number of aromatic nitrogens is 2. The molecule has 1 aromatic heterocycles. The molecular weight excluding hydrogens is 390 g/mol. The van der Waals surface area contributed by atoms with Crippen LogP contribution in [-0.2, 0) is 4.79 Å². The SMILES string of the molecule is CC(C)c1cccc(C(C)C)c1NC(=O)COc1nc(-c2ccccc2Cl)no1. The summed E-state index contributed by atoms with van der Waals surface area (Å²) in [5.74, 6) is 0.564. The van der Waals surface area contributed by atoms with E-state index in [9.17, 15) is 4.79 Å². The van der Waals surface area contributed by atoms with E-state index in [0.717, 1.165) is 16.8 Å². The lowest BCUT2D eigenvalue weighted by atomic mass is 9.92. The summed E-state index contributed by atoms with van der Waals surface area (Å²) in [5, 5.41) is 7.35. The van der Waals surface area contributed by atoms with Gasteiger partial charge in [-0.05, 0) is 35.1 Å². The third-order valence-electron chi connectivity index (χ3n) is 4.49. The molecule has 1 amide bonds. The van der Waals surface area contributed by atoms with E-state index >= 15 is 0 Å². The van der Waals surface area contributed by atoms with Crippen LogP contribution in [0.25, 0.3) is 11.4 Å². The van der Waals surface area contributed by atoms with Crippen LogP contribution in [-0.4, -0.2) is 22.7 Å². The molecule has 0 aliphatic heterocycles. The van der Waals surface area contributed by atoms with Crippen LogP contribution in [0.3, 0.4) is 0 Å². The van der Waals surface area contributed by atoms with E-state index in [1.54, 1.807) is 12.1 Å². The maximum absolute atomic E-state index is 12.5. The lowest BCUT2D eigenvalue weighted by molar-refractivity contribution is -0.118. The molecule has 1 heterocycles. The zero-order valence-corrected chi connectivity index (χ0v) is 17.7. The molecule has 2 aromatic carbocycles. The average molecular weight is 414 g/mol. The molecule has 3 rings (SSSR count). The molecule has 0 atom stereocenters. The lowest BCUT2D eigenvalue weighted by Gasteiger charge is -2.20. The number of carbonyl (C=O) groups excluding carboxylic acids is 1. The molecular formula is C22H24ClN3O3. The number of halogens is 1. The zero-order valence-electron chi connectivity index (χ0n) is 16.9. The molecule has 0 saturated carbocycles. The van der Waals surface area contributed by atoms with Gasteiger partial charge in [-0.25, -0.2) is 0 Å².